The summed E-state index contributed by atoms with van der Waals surface area (Å²) in [7, 11) is 0. The zero-order valence-corrected chi connectivity index (χ0v) is 15.8. The second kappa shape index (κ2) is 7.86. The van der Waals surface area contributed by atoms with Gasteiger partial charge < -0.3 is 15.1 Å². The van der Waals surface area contributed by atoms with Crippen LogP contribution < -0.4 is 0 Å². The average molecular weight is 400 g/mol. The molecule has 0 radical (unpaired) electrons. The van der Waals surface area contributed by atoms with Gasteiger partial charge in [0, 0.05) is 17.1 Å². The highest BCUT2D eigenvalue weighted by Gasteiger charge is 2.46. The number of aliphatic carboxylic acids is 1. The maximum absolute atomic E-state index is 12.7. The normalized spacial score (nSPS) is 18.5. The van der Waals surface area contributed by atoms with Crippen LogP contribution in [-0.2, 0) is 14.4 Å². The molecule has 0 aromatic heterocycles. The summed E-state index contributed by atoms with van der Waals surface area (Å²) in [6.45, 7) is 1.71. The number of amides is 1. The number of rotatable bonds is 5. The second-order valence-electron chi connectivity index (χ2n) is 6.52. The van der Waals surface area contributed by atoms with Crippen molar-refractivity contribution in [2.45, 2.75) is 19.4 Å². The summed E-state index contributed by atoms with van der Waals surface area (Å²) >= 11 is 6.29. The predicted octanol–water partition coefficient (Wildman–Crippen LogP) is 3.54. The van der Waals surface area contributed by atoms with E-state index in [9.17, 15) is 19.5 Å². The molecule has 2 N–H and O–H groups in total. The Labute approximate surface area is 166 Å². The molecule has 0 spiro atoms. The number of benzene rings is 2. The molecule has 0 aliphatic carbocycles. The maximum Gasteiger partial charge on any atom is 0.305 e. The summed E-state index contributed by atoms with van der Waals surface area (Å²) in [5.41, 5.74) is 1.70. The highest BCUT2D eigenvalue weighted by molar-refractivity contribution is 6.47. The predicted molar refractivity (Wildman–Crippen MR) is 104 cm³/mol. The first-order valence-electron chi connectivity index (χ1n) is 8.63. The van der Waals surface area contributed by atoms with Crippen LogP contribution in [0.4, 0.5) is 0 Å². The Bertz CT molecular complexity index is 981. The number of halogens is 1. The van der Waals surface area contributed by atoms with E-state index in [-0.39, 0.29) is 24.3 Å². The smallest absolute Gasteiger partial charge is 0.305 e. The van der Waals surface area contributed by atoms with Crippen molar-refractivity contribution < 1.29 is 24.6 Å². The molecule has 1 atom stereocenters. The molecule has 1 aliphatic heterocycles. The Hall–Kier alpha value is -3.12. The van der Waals surface area contributed by atoms with E-state index in [1.54, 1.807) is 48.5 Å². The number of aliphatic hydroxyl groups excluding tert-OH is 1. The lowest BCUT2D eigenvalue weighted by atomic mass is 9.95. The van der Waals surface area contributed by atoms with Gasteiger partial charge in [0.15, 0.2) is 0 Å². The molecule has 1 aliphatic rings. The first-order chi connectivity index (χ1) is 13.3. The van der Waals surface area contributed by atoms with Gasteiger partial charge in [0.05, 0.1) is 18.0 Å². The van der Waals surface area contributed by atoms with Gasteiger partial charge in [-0.15, -0.1) is 0 Å². The number of hydrogen-bond acceptors (Lipinski definition) is 4. The van der Waals surface area contributed by atoms with Gasteiger partial charge in [0.1, 0.15) is 5.76 Å². The van der Waals surface area contributed by atoms with Crippen LogP contribution in [0.15, 0.2) is 54.1 Å². The number of aryl methyl sites for hydroxylation is 1. The molecular weight excluding hydrogens is 382 g/mol. The fraction of sp³-hybridized carbons (Fsp3) is 0.190. The third-order valence-corrected chi connectivity index (χ3v) is 4.98. The molecule has 144 valence electrons. The first-order valence-corrected chi connectivity index (χ1v) is 9.00. The van der Waals surface area contributed by atoms with E-state index < -0.39 is 23.7 Å². The van der Waals surface area contributed by atoms with Gasteiger partial charge in [-0.25, -0.2) is 0 Å². The van der Waals surface area contributed by atoms with Gasteiger partial charge in [-0.1, -0.05) is 59.6 Å². The molecule has 6 nitrogen and oxygen atoms in total. The minimum atomic E-state index is -1.10. The zero-order chi connectivity index (χ0) is 20.4. The Morgan fingerprint density at radius 1 is 1.07 bits per heavy atom. The van der Waals surface area contributed by atoms with Crippen molar-refractivity contribution in [1.82, 2.24) is 4.90 Å². The molecule has 1 heterocycles. The summed E-state index contributed by atoms with van der Waals surface area (Å²) in [4.78, 5) is 37.5. The summed E-state index contributed by atoms with van der Waals surface area (Å²) in [6.07, 6.45) is -0.335. The van der Waals surface area contributed by atoms with Crippen LogP contribution in [0, 0.1) is 6.92 Å². The fourth-order valence-electron chi connectivity index (χ4n) is 3.21. The standard InChI is InChI=1S/C21H18ClNO5/c1-12-6-8-13(9-7-12)19(26)17-18(14-4-2-3-5-15(14)22)23(11-10-16(24)25)21(28)20(17)27/h2-9,18,26H,10-11H2,1H3,(H,24,25)/b19-17-. The van der Waals surface area contributed by atoms with Crippen LogP contribution in [0.3, 0.4) is 0 Å². The van der Waals surface area contributed by atoms with Gasteiger partial charge in [-0.2, -0.15) is 0 Å². The number of Topliss-reactive ketones (excluding diaryl/α,β-unsaturated/α-hetero) is 1. The van der Waals surface area contributed by atoms with Crippen molar-refractivity contribution >= 4 is 35.0 Å². The van der Waals surface area contributed by atoms with Crippen molar-refractivity contribution in [3.8, 4) is 0 Å². The van der Waals surface area contributed by atoms with Gasteiger partial charge in [0.2, 0.25) is 0 Å². The average Bonchev–Trinajstić information content (AvgIpc) is 2.91. The van der Waals surface area contributed by atoms with Gasteiger partial charge in [-0.3, -0.25) is 14.4 Å². The molecule has 1 unspecified atom stereocenters. The Balaban J connectivity index is 2.18. The number of carbonyl (C=O) groups is 3. The van der Waals surface area contributed by atoms with Crippen molar-refractivity contribution in [1.29, 1.82) is 0 Å². The van der Waals surface area contributed by atoms with E-state index in [0.717, 1.165) is 10.5 Å². The number of aliphatic hydroxyl groups is 1. The van der Waals surface area contributed by atoms with Crippen LogP contribution in [0.25, 0.3) is 5.76 Å². The highest BCUT2D eigenvalue weighted by Crippen LogP contribution is 2.41. The van der Waals surface area contributed by atoms with Gasteiger partial charge >= 0.3 is 5.97 Å². The van der Waals surface area contributed by atoms with Gasteiger partial charge in [-0.05, 0) is 18.6 Å². The summed E-state index contributed by atoms with van der Waals surface area (Å²) in [5.74, 6) is -3.15. The highest BCUT2D eigenvalue weighted by atomic mass is 35.5. The summed E-state index contributed by atoms with van der Waals surface area (Å²) in [6, 6.07) is 12.6. The molecule has 28 heavy (non-hydrogen) atoms. The Kier molecular flexibility index (Phi) is 5.51. The molecular formula is C21H18ClNO5. The molecule has 1 saturated heterocycles. The summed E-state index contributed by atoms with van der Waals surface area (Å²) < 4.78 is 0. The lowest BCUT2D eigenvalue weighted by molar-refractivity contribution is -0.142. The molecule has 2 aromatic carbocycles. The zero-order valence-electron chi connectivity index (χ0n) is 15.1. The molecule has 7 heteroatoms. The van der Waals surface area contributed by atoms with Crippen LogP contribution >= 0.6 is 11.6 Å². The fourth-order valence-corrected chi connectivity index (χ4v) is 3.45. The Morgan fingerprint density at radius 2 is 1.71 bits per heavy atom. The molecule has 1 fully saturated rings. The number of carboxylic acid groups (broad SMARTS) is 1. The van der Waals surface area contributed by atoms with Crippen LogP contribution in [0.5, 0.6) is 0 Å². The number of carboxylic acids is 1. The van der Waals surface area contributed by atoms with E-state index in [0.29, 0.717) is 16.1 Å². The lowest BCUT2D eigenvalue weighted by Crippen LogP contribution is -2.32. The number of carbonyl (C=O) groups excluding carboxylic acids is 2. The molecule has 2 aromatic rings. The van der Waals surface area contributed by atoms with Crippen molar-refractivity contribution in [3.05, 3.63) is 75.8 Å². The van der Waals surface area contributed by atoms with Crippen LogP contribution in [0.2, 0.25) is 5.02 Å². The van der Waals surface area contributed by atoms with Crippen molar-refractivity contribution in [3.63, 3.8) is 0 Å². The monoisotopic (exact) mass is 399 g/mol. The number of likely N-dealkylation sites (tertiary alicyclic amines) is 1. The number of ketones is 1. The third kappa shape index (κ3) is 3.64. The minimum absolute atomic E-state index is 0.104. The van der Waals surface area contributed by atoms with Crippen LogP contribution in [-0.4, -0.2) is 39.3 Å². The molecule has 3 rings (SSSR count). The molecule has 0 saturated carbocycles. The van der Waals surface area contributed by atoms with E-state index in [1.807, 2.05) is 6.92 Å². The minimum Gasteiger partial charge on any atom is -0.507 e. The topological polar surface area (TPSA) is 94.9 Å². The number of hydrogen-bond donors (Lipinski definition) is 2. The molecule has 0 bridgehead atoms. The molecule has 1 amide bonds. The van der Waals surface area contributed by atoms with Crippen molar-refractivity contribution in [2.75, 3.05) is 6.54 Å². The quantitative estimate of drug-likeness (QED) is 0.455. The maximum atomic E-state index is 12.7. The third-order valence-electron chi connectivity index (χ3n) is 4.63. The second-order valence-corrected chi connectivity index (χ2v) is 6.93. The van der Waals surface area contributed by atoms with E-state index in [4.69, 9.17) is 16.7 Å². The SMILES string of the molecule is Cc1ccc(/C(O)=C2/C(=O)C(=O)N(CCC(=O)O)C2c2ccccc2Cl)cc1. The Morgan fingerprint density at radius 3 is 2.32 bits per heavy atom. The summed E-state index contributed by atoms with van der Waals surface area (Å²) in [5, 5.41) is 20.2. The number of nitrogens with zero attached hydrogens (tertiary/aromatic N) is 1. The van der Waals surface area contributed by atoms with Gasteiger partial charge in [0.25, 0.3) is 11.7 Å². The van der Waals surface area contributed by atoms with E-state index in [1.165, 1.54) is 0 Å². The first kappa shape index (κ1) is 19.6. The largest absolute Gasteiger partial charge is 0.507 e. The van der Waals surface area contributed by atoms with Crippen LogP contribution in [0.1, 0.15) is 29.2 Å². The van der Waals surface area contributed by atoms with Crippen molar-refractivity contribution in [2.24, 2.45) is 0 Å². The lowest BCUT2D eigenvalue weighted by Gasteiger charge is -2.25. The van der Waals surface area contributed by atoms with E-state index >= 15 is 0 Å². The van der Waals surface area contributed by atoms with E-state index in [2.05, 4.69) is 0 Å².